The first-order valence-corrected chi connectivity index (χ1v) is 6.18. The quantitative estimate of drug-likeness (QED) is 0.797. The van der Waals surface area contributed by atoms with Gasteiger partial charge in [-0.25, -0.2) is 0 Å². The normalized spacial score (nSPS) is 20.1. The standard InChI is InChI=1S/C14H22N2O/c1-11-9-12(5-6-14(11)17-4)16-8-7-13(10-16)15(2)3/h5-6,9,13H,7-8,10H2,1-4H3. The summed E-state index contributed by atoms with van der Waals surface area (Å²) in [5.74, 6) is 0.970. The summed E-state index contributed by atoms with van der Waals surface area (Å²) in [5, 5.41) is 0. The van der Waals surface area contributed by atoms with Crippen LogP contribution in [0.1, 0.15) is 12.0 Å². The molecule has 3 nitrogen and oxygen atoms in total. The molecule has 1 atom stereocenters. The van der Waals surface area contributed by atoms with Crippen molar-refractivity contribution in [2.75, 3.05) is 39.2 Å². The Labute approximate surface area is 104 Å². The monoisotopic (exact) mass is 234 g/mol. The molecule has 1 aliphatic rings. The predicted octanol–water partition coefficient (Wildman–Crippen LogP) is 2.14. The smallest absolute Gasteiger partial charge is 0.121 e. The van der Waals surface area contributed by atoms with Gasteiger partial charge in [-0.15, -0.1) is 0 Å². The lowest BCUT2D eigenvalue weighted by atomic mass is 10.2. The van der Waals surface area contributed by atoms with E-state index in [1.807, 2.05) is 0 Å². The Kier molecular flexibility index (Phi) is 3.57. The average Bonchev–Trinajstić information content (AvgIpc) is 2.78. The van der Waals surface area contributed by atoms with Crippen LogP contribution in [0.25, 0.3) is 0 Å². The van der Waals surface area contributed by atoms with Crippen LogP contribution >= 0.6 is 0 Å². The zero-order valence-corrected chi connectivity index (χ0v) is 11.2. The van der Waals surface area contributed by atoms with E-state index in [9.17, 15) is 0 Å². The molecule has 0 saturated carbocycles. The minimum absolute atomic E-state index is 0.678. The molecule has 3 heteroatoms. The van der Waals surface area contributed by atoms with Crippen molar-refractivity contribution < 1.29 is 4.74 Å². The summed E-state index contributed by atoms with van der Waals surface area (Å²) in [5.41, 5.74) is 2.52. The number of benzene rings is 1. The van der Waals surface area contributed by atoms with Gasteiger partial charge in [0.05, 0.1) is 7.11 Å². The van der Waals surface area contributed by atoms with E-state index in [0.717, 1.165) is 18.8 Å². The van der Waals surface area contributed by atoms with Crippen LogP contribution in [0.2, 0.25) is 0 Å². The lowest BCUT2D eigenvalue weighted by Crippen LogP contribution is -2.31. The van der Waals surface area contributed by atoms with Gasteiger partial charge >= 0.3 is 0 Å². The Morgan fingerprint density at radius 1 is 1.35 bits per heavy atom. The first-order chi connectivity index (χ1) is 8.11. The fourth-order valence-corrected chi connectivity index (χ4v) is 2.46. The number of ether oxygens (including phenoxy) is 1. The number of anilines is 1. The van der Waals surface area contributed by atoms with Gasteiger partial charge in [-0.2, -0.15) is 0 Å². The number of nitrogens with zero attached hydrogens (tertiary/aromatic N) is 2. The Balaban J connectivity index is 2.11. The van der Waals surface area contributed by atoms with Crippen LogP contribution in [0.5, 0.6) is 5.75 Å². The molecule has 2 rings (SSSR count). The highest BCUT2D eigenvalue weighted by molar-refractivity contribution is 5.53. The molecule has 0 radical (unpaired) electrons. The Bertz CT molecular complexity index is 390. The van der Waals surface area contributed by atoms with Gasteiger partial charge in [-0.1, -0.05) is 0 Å². The van der Waals surface area contributed by atoms with E-state index in [1.165, 1.54) is 17.7 Å². The van der Waals surface area contributed by atoms with Crippen molar-refractivity contribution in [3.05, 3.63) is 23.8 Å². The van der Waals surface area contributed by atoms with Crippen molar-refractivity contribution in [2.24, 2.45) is 0 Å². The second kappa shape index (κ2) is 4.96. The van der Waals surface area contributed by atoms with Crippen molar-refractivity contribution in [1.29, 1.82) is 0 Å². The van der Waals surface area contributed by atoms with Crippen LogP contribution in [0.3, 0.4) is 0 Å². The van der Waals surface area contributed by atoms with Crippen LogP contribution < -0.4 is 9.64 Å². The van der Waals surface area contributed by atoms with E-state index in [-0.39, 0.29) is 0 Å². The number of rotatable bonds is 3. The van der Waals surface area contributed by atoms with Crippen LogP contribution in [0.15, 0.2) is 18.2 Å². The van der Waals surface area contributed by atoms with Gasteiger partial charge in [-0.05, 0) is 51.2 Å². The van der Waals surface area contributed by atoms with Crippen molar-refractivity contribution in [3.8, 4) is 5.75 Å². The third kappa shape index (κ3) is 2.55. The molecule has 1 aromatic rings. The van der Waals surface area contributed by atoms with Crippen molar-refractivity contribution in [3.63, 3.8) is 0 Å². The number of hydrogen-bond donors (Lipinski definition) is 0. The fourth-order valence-electron chi connectivity index (χ4n) is 2.46. The molecule has 0 spiro atoms. The highest BCUT2D eigenvalue weighted by Crippen LogP contribution is 2.27. The number of likely N-dealkylation sites (N-methyl/N-ethyl adjacent to an activating group) is 1. The lowest BCUT2D eigenvalue weighted by Gasteiger charge is -2.22. The van der Waals surface area contributed by atoms with Crippen LogP contribution in [0.4, 0.5) is 5.69 Å². The maximum Gasteiger partial charge on any atom is 0.121 e. The molecule has 94 valence electrons. The third-order valence-electron chi connectivity index (χ3n) is 3.64. The molecular formula is C14H22N2O. The summed E-state index contributed by atoms with van der Waals surface area (Å²) in [4.78, 5) is 4.77. The Morgan fingerprint density at radius 2 is 2.12 bits per heavy atom. The molecule has 1 heterocycles. The van der Waals surface area contributed by atoms with E-state index in [0.29, 0.717) is 6.04 Å². The summed E-state index contributed by atoms with van der Waals surface area (Å²) in [6.07, 6.45) is 1.25. The number of hydrogen-bond acceptors (Lipinski definition) is 3. The molecule has 0 bridgehead atoms. The van der Waals surface area contributed by atoms with Crippen LogP contribution in [-0.2, 0) is 0 Å². The minimum atomic E-state index is 0.678. The van der Waals surface area contributed by atoms with Gasteiger partial charge in [0.15, 0.2) is 0 Å². The van der Waals surface area contributed by atoms with Crippen molar-refractivity contribution in [1.82, 2.24) is 4.90 Å². The third-order valence-corrected chi connectivity index (χ3v) is 3.64. The lowest BCUT2D eigenvalue weighted by molar-refractivity contribution is 0.315. The highest BCUT2D eigenvalue weighted by atomic mass is 16.5. The molecule has 0 N–H and O–H groups in total. The van der Waals surface area contributed by atoms with E-state index >= 15 is 0 Å². The van der Waals surface area contributed by atoms with E-state index < -0.39 is 0 Å². The molecule has 0 aliphatic carbocycles. The van der Waals surface area contributed by atoms with E-state index in [4.69, 9.17) is 4.74 Å². The highest BCUT2D eigenvalue weighted by Gasteiger charge is 2.24. The van der Waals surface area contributed by atoms with E-state index in [2.05, 4.69) is 49.0 Å². The molecule has 0 aromatic heterocycles. The largest absolute Gasteiger partial charge is 0.496 e. The Morgan fingerprint density at radius 3 is 2.65 bits per heavy atom. The molecule has 1 aliphatic heterocycles. The summed E-state index contributed by atoms with van der Waals surface area (Å²) >= 11 is 0. The Hall–Kier alpha value is -1.22. The maximum atomic E-state index is 5.30. The topological polar surface area (TPSA) is 15.7 Å². The molecule has 17 heavy (non-hydrogen) atoms. The van der Waals surface area contributed by atoms with Gasteiger partial charge in [0.2, 0.25) is 0 Å². The second-order valence-corrected chi connectivity index (χ2v) is 5.01. The summed E-state index contributed by atoms with van der Waals surface area (Å²) in [6.45, 7) is 4.37. The first-order valence-electron chi connectivity index (χ1n) is 6.18. The summed E-state index contributed by atoms with van der Waals surface area (Å²) < 4.78 is 5.30. The van der Waals surface area contributed by atoms with Crippen LogP contribution in [0, 0.1) is 6.92 Å². The molecule has 1 saturated heterocycles. The molecule has 1 aromatic carbocycles. The molecule has 1 fully saturated rings. The molecule has 0 amide bonds. The summed E-state index contributed by atoms with van der Waals surface area (Å²) in [6, 6.07) is 7.12. The zero-order valence-electron chi connectivity index (χ0n) is 11.2. The summed E-state index contributed by atoms with van der Waals surface area (Å²) in [7, 11) is 6.04. The van der Waals surface area contributed by atoms with Crippen LogP contribution in [-0.4, -0.2) is 45.2 Å². The number of methoxy groups -OCH3 is 1. The SMILES string of the molecule is COc1ccc(N2CCC(N(C)C)C2)cc1C. The van der Waals surface area contributed by atoms with Gasteiger partial charge in [0.1, 0.15) is 5.75 Å². The van der Waals surface area contributed by atoms with Gasteiger partial charge in [0.25, 0.3) is 0 Å². The fraction of sp³-hybridized carbons (Fsp3) is 0.571. The first kappa shape index (κ1) is 12.2. The maximum absolute atomic E-state index is 5.30. The minimum Gasteiger partial charge on any atom is -0.496 e. The average molecular weight is 234 g/mol. The van der Waals surface area contributed by atoms with E-state index in [1.54, 1.807) is 7.11 Å². The van der Waals surface area contributed by atoms with Crippen molar-refractivity contribution >= 4 is 5.69 Å². The second-order valence-electron chi connectivity index (χ2n) is 5.01. The van der Waals surface area contributed by atoms with Crippen molar-refractivity contribution in [2.45, 2.75) is 19.4 Å². The van der Waals surface area contributed by atoms with Gasteiger partial charge in [0, 0.05) is 24.8 Å². The number of aryl methyl sites for hydroxylation is 1. The predicted molar refractivity (Wildman–Crippen MR) is 72.0 cm³/mol. The van der Waals surface area contributed by atoms with Gasteiger partial charge in [-0.3, -0.25) is 0 Å². The van der Waals surface area contributed by atoms with Gasteiger partial charge < -0.3 is 14.5 Å². The zero-order chi connectivity index (χ0) is 12.4. The molecule has 1 unspecified atom stereocenters. The molecular weight excluding hydrogens is 212 g/mol.